The van der Waals surface area contributed by atoms with E-state index in [1.807, 2.05) is 53.6 Å². The summed E-state index contributed by atoms with van der Waals surface area (Å²) in [5, 5.41) is 12.2. The average Bonchev–Trinajstić information content (AvgIpc) is 3.10. The number of aliphatic hydroxyl groups is 1. The molecule has 5 heteroatoms. The van der Waals surface area contributed by atoms with Gasteiger partial charge in [-0.15, -0.1) is 11.3 Å². The van der Waals surface area contributed by atoms with Crippen LogP contribution in [0.3, 0.4) is 0 Å². The molecule has 0 bridgehead atoms. The average molecular weight is 330 g/mol. The molecule has 2 heterocycles. The fourth-order valence-corrected chi connectivity index (χ4v) is 3.53. The van der Waals surface area contributed by atoms with E-state index in [-0.39, 0.29) is 5.91 Å². The molecule has 1 aliphatic rings. The van der Waals surface area contributed by atoms with Crippen LogP contribution in [0.4, 0.5) is 0 Å². The molecule has 1 fully saturated rings. The van der Waals surface area contributed by atoms with E-state index in [9.17, 15) is 9.90 Å². The molecule has 0 radical (unpaired) electrons. The summed E-state index contributed by atoms with van der Waals surface area (Å²) in [7, 11) is 0. The molecule has 1 aromatic heterocycles. The summed E-state index contributed by atoms with van der Waals surface area (Å²) in [6, 6.07) is 11.7. The van der Waals surface area contributed by atoms with Gasteiger partial charge in [0.2, 0.25) is 0 Å². The summed E-state index contributed by atoms with van der Waals surface area (Å²) in [6.45, 7) is 5.69. The number of β-amino-alcohol motifs (C(OH)–C–C–N with tert-alkyl or cyclic N) is 1. The number of amides is 1. The van der Waals surface area contributed by atoms with Crippen molar-refractivity contribution in [2.75, 3.05) is 32.7 Å². The Labute approximate surface area is 141 Å². The van der Waals surface area contributed by atoms with Crippen LogP contribution in [0.25, 0.3) is 0 Å². The molecule has 0 saturated carbocycles. The van der Waals surface area contributed by atoms with Crippen molar-refractivity contribution in [1.82, 2.24) is 9.80 Å². The molecule has 1 amide bonds. The molecule has 23 heavy (non-hydrogen) atoms. The zero-order valence-corrected chi connectivity index (χ0v) is 14.1. The van der Waals surface area contributed by atoms with Crippen LogP contribution in [0, 0.1) is 6.92 Å². The summed E-state index contributed by atoms with van der Waals surface area (Å²) in [5.74, 6) is 0.100. The summed E-state index contributed by atoms with van der Waals surface area (Å²) in [4.78, 5) is 17.6. The lowest BCUT2D eigenvalue weighted by Gasteiger charge is -2.35. The molecule has 1 atom stereocenters. The predicted molar refractivity (Wildman–Crippen MR) is 92.8 cm³/mol. The van der Waals surface area contributed by atoms with Gasteiger partial charge < -0.3 is 10.0 Å². The summed E-state index contributed by atoms with van der Waals surface area (Å²) in [5.41, 5.74) is 1.91. The molecular formula is C18H22N2O2S. The first-order valence-corrected chi connectivity index (χ1v) is 8.81. The largest absolute Gasteiger partial charge is 0.386 e. The molecule has 1 N–H and O–H groups in total. The number of nitrogens with zero attached hydrogens (tertiary/aromatic N) is 2. The molecular weight excluding hydrogens is 308 g/mol. The van der Waals surface area contributed by atoms with Gasteiger partial charge in [0.15, 0.2) is 0 Å². The van der Waals surface area contributed by atoms with E-state index in [1.54, 1.807) is 11.3 Å². The minimum atomic E-state index is -0.436. The van der Waals surface area contributed by atoms with Crippen LogP contribution in [-0.4, -0.2) is 53.5 Å². The zero-order valence-electron chi connectivity index (χ0n) is 13.3. The van der Waals surface area contributed by atoms with Crippen molar-refractivity contribution in [3.63, 3.8) is 0 Å². The number of aliphatic hydroxyl groups excluding tert-OH is 1. The topological polar surface area (TPSA) is 43.8 Å². The summed E-state index contributed by atoms with van der Waals surface area (Å²) < 4.78 is 0. The van der Waals surface area contributed by atoms with Crippen LogP contribution in [-0.2, 0) is 0 Å². The Hall–Kier alpha value is -1.69. The van der Waals surface area contributed by atoms with E-state index in [1.165, 1.54) is 0 Å². The number of carbonyl (C=O) groups is 1. The quantitative estimate of drug-likeness (QED) is 0.937. The number of rotatable bonds is 4. The van der Waals surface area contributed by atoms with Crippen LogP contribution < -0.4 is 0 Å². The minimum Gasteiger partial charge on any atom is -0.386 e. The van der Waals surface area contributed by atoms with Gasteiger partial charge in [-0.3, -0.25) is 9.69 Å². The Kier molecular flexibility index (Phi) is 5.10. The summed E-state index contributed by atoms with van der Waals surface area (Å²) in [6.07, 6.45) is -0.436. The predicted octanol–water partition coefficient (Wildman–Crippen LogP) is 2.55. The van der Waals surface area contributed by atoms with Gasteiger partial charge in [0.05, 0.1) is 0 Å². The lowest BCUT2D eigenvalue weighted by atomic mass is 10.1. The Bertz CT molecular complexity index is 632. The fourth-order valence-electron chi connectivity index (χ4n) is 2.83. The monoisotopic (exact) mass is 330 g/mol. The summed E-state index contributed by atoms with van der Waals surface area (Å²) >= 11 is 1.58. The second-order valence-electron chi connectivity index (χ2n) is 5.99. The zero-order chi connectivity index (χ0) is 16.2. The van der Waals surface area contributed by atoms with Crippen molar-refractivity contribution in [2.45, 2.75) is 13.0 Å². The smallest absolute Gasteiger partial charge is 0.253 e. The normalized spacial score (nSPS) is 17.2. The van der Waals surface area contributed by atoms with Gasteiger partial charge in [-0.25, -0.2) is 0 Å². The number of hydrogen-bond acceptors (Lipinski definition) is 4. The molecule has 2 aromatic rings. The first-order valence-electron chi connectivity index (χ1n) is 7.93. The number of piperazine rings is 1. The number of benzene rings is 1. The van der Waals surface area contributed by atoms with Crippen molar-refractivity contribution < 1.29 is 9.90 Å². The first-order chi connectivity index (χ1) is 11.1. The molecule has 0 aliphatic carbocycles. The molecule has 1 aromatic carbocycles. The van der Waals surface area contributed by atoms with E-state index < -0.39 is 6.10 Å². The van der Waals surface area contributed by atoms with Gasteiger partial charge in [-0.1, -0.05) is 23.8 Å². The highest BCUT2D eigenvalue weighted by atomic mass is 32.1. The molecule has 0 spiro atoms. The number of thiophene rings is 1. The Morgan fingerprint density at radius 1 is 1.17 bits per heavy atom. The lowest BCUT2D eigenvalue weighted by molar-refractivity contribution is 0.0533. The van der Waals surface area contributed by atoms with Crippen molar-refractivity contribution in [3.05, 3.63) is 57.8 Å². The van der Waals surface area contributed by atoms with Gasteiger partial charge in [-0.2, -0.15) is 0 Å². The maximum absolute atomic E-state index is 12.5. The maximum Gasteiger partial charge on any atom is 0.253 e. The number of hydrogen-bond donors (Lipinski definition) is 1. The fraction of sp³-hybridized carbons (Fsp3) is 0.389. The molecule has 1 unspecified atom stereocenters. The van der Waals surface area contributed by atoms with Gasteiger partial charge in [0.25, 0.3) is 5.91 Å². The van der Waals surface area contributed by atoms with Crippen LogP contribution in [0.5, 0.6) is 0 Å². The molecule has 4 nitrogen and oxygen atoms in total. The second-order valence-corrected chi connectivity index (χ2v) is 6.97. The van der Waals surface area contributed by atoms with Crippen LogP contribution >= 0.6 is 11.3 Å². The van der Waals surface area contributed by atoms with Crippen molar-refractivity contribution >= 4 is 17.2 Å². The third kappa shape index (κ3) is 3.99. The highest BCUT2D eigenvalue weighted by molar-refractivity contribution is 7.10. The van der Waals surface area contributed by atoms with Crippen LogP contribution in [0.15, 0.2) is 41.8 Å². The van der Waals surface area contributed by atoms with E-state index in [0.717, 1.165) is 29.1 Å². The molecule has 3 rings (SSSR count). The second kappa shape index (κ2) is 7.25. The van der Waals surface area contributed by atoms with E-state index in [2.05, 4.69) is 4.90 Å². The Morgan fingerprint density at radius 2 is 1.87 bits per heavy atom. The van der Waals surface area contributed by atoms with Gasteiger partial charge >= 0.3 is 0 Å². The molecule has 1 saturated heterocycles. The van der Waals surface area contributed by atoms with Crippen LogP contribution in [0.1, 0.15) is 26.9 Å². The standard InChI is InChI=1S/C18H22N2O2S/c1-14-4-6-15(7-5-14)18(22)20-10-8-19(9-11-20)13-16(21)17-3-2-12-23-17/h2-7,12,16,21H,8-11,13H2,1H3. The van der Waals surface area contributed by atoms with Crippen molar-refractivity contribution in [1.29, 1.82) is 0 Å². The Morgan fingerprint density at radius 3 is 2.48 bits per heavy atom. The lowest BCUT2D eigenvalue weighted by Crippen LogP contribution is -2.49. The Balaban J connectivity index is 1.52. The van der Waals surface area contributed by atoms with Gasteiger partial charge in [0, 0.05) is 43.2 Å². The number of aryl methyl sites for hydroxylation is 1. The highest BCUT2D eigenvalue weighted by Gasteiger charge is 2.23. The van der Waals surface area contributed by atoms with E-state index >= 15 is 0 Å². The molecule has 122 valence electrons. The van der Waals surface area contributed by atoms with Crippen LogP contribution in [0.2, 0.25) is 0 Å². The van der Waals surface area contributed by atoms with Crippen molar-refractivity contribution in [2.24, 2.45) is 0 Å². The maximum atomic E-state index is 12.5. The van der Waals surface area contributed by atoms with Gasteiger partial charge in [0.1, 0.15) is 6.10 Å². The van der Waals surface area contributed by atoms with E-state index in [4.69, 9.17) is 0 Å². The van der Waals surface area contributed by atoms with Gasteiger partial charge in [-0.05, 0) is 30.5 Å². The van der Waals surface area contributed by atoms with Crippen molar-refractivity contribution in [3.8, 4) is 0 Å². The number of carbonyl (C=O) groups excluding carboxylic acids is 1. The van der Waals surface area contributed by atoms with E-state index in [0.29, 0.717) is 19.6 Å². The SMILES string of the molecule is Cc1ccc(C(=O)N2CCN(CC(O)c3cccs3)CC2)cc1. The molecule has 1 aliphatic heterocycles. The third-order valence-electron chi connectivity index (χ3n) is 4.26. The third-order valence-corrected chi connectivity index (χ3v) is 5.23. The highest BCUT2D eigenvalue weighted by Crippen LogP contribution is 2.20. The minimum absolute atomic E-state index is 0.100. The first kappa shape index (κ1) is 16.2.